The van der Waals surface area contributed by atoms with E-state index in [4.69, 9.17) is 11.6 Å². The Balaban J connectivity index is 1.87. The lowest BCUT2D eigenvalue weighted by atomic mass is 10.0. The number of nitrogens with zero attached hydrogens (tertiary/aromatic N) is 1. The number of halogens is 1. The number of carbonyl (C=O) groups is 1. The summed E-state index contributed by atoms with van der Waals surface area (Å²) in [5, 5.41) is 0.561. The van der Waals surface area contributed by atoms with Gasteiger partial charge in [-0.25, -0.2) is 8.42 Å². The Kier molecular flexibility index (Phi) is 5.92. The zero-order chi connectivity index (χ0) is 19.6. The third-order valence-corrected chi connectivity index (χ3v) is 7.00. The number of hydrogen-bond acceptors (Lipinski definition) is 3. The third kappa shape index (κ3) is 4.90. The summed E-state index contributed by atoms with van der Waals surface area (Å²) >= 11 is 5.93. The van der Waals surface area contributed by atoms with Crippen LogP contribution in [0.15, 0.2) is 48.5 Å². The maximum atomic E-state index is 13.1. The Morgan fingerprint density at radius 2 is 1.74 bits per heavy atom. The molecular weight excluding hydrogens is 382 g/mol. The molecule has 1 saturated heterocycles. The van der Waals surface area contributed by atoms with Gasteiger partial charge in [0.25, 0.3) is 5.91 Å². The Hall–Kier alpha value is -1.85. The predicted molar refractivity (Wildman–Crippen MR) is 109 cm³/mol. The zero-order valence-corrected chi connectivity index (χ0v) is 17.1. The van der Waals surface area contributed by atoms with Crippen molar-refractivity contribution in [2.45, 2.75) is 38.8 Å². The number of carbonyl (C=O) groups excluding carboxylic acids is 1. The zero-order valence-electron chi connectivity index (χ0n) is 15.6. The normalized spacial score (nSPS) is 18.6. The van der Waals surface area contributed by atoms with Gasteiger partial charge in [-0.1, -0.05) is 49.7 Å². The van der Waals surface area contributed by atoms with E-state index < -0.39 is 9.84 Å². The highest BCUT2D eigenvalue weighted by Crippen LogP contribution is 2.24. The lowest BCUT2D eigenvalue weighted by Crippen LogP contribution is -2.40. The molecule has 144 valence electrons. The van der Waals surface area contributed by atoms with Crippen LogP contribution in [-0.4, -0.2) is 36.8 Å². The molecular formula is C21H24ClNO3S. The molecule has 1 aliphatic heterocycles. The minimum absolute atomic E-state index is 0.0242. The van der Waals surface area contributed by atoms with Crippen LogP contribution in [0.25, 0.3) is 0 Å². The molecule has 27 heavy (non-hydrogen) atoms. The van der Waals surface area contributed by atoms with E-state index in [2.05, 4.69) is 26.0 Å². The fourth-order valence-electron chi connectivity index (χ4n) is 3.35. The second-order valence-corrected chi connectivity index (χ2v) is 10.1. The smallest absolute Gasteiger partial charge is 0.254 e. The molecule has 0 unspecified atom stereocenters. The molecule has 0 N–H and O–H groups in total. The first-order valence-corrected chi connectivity index (χ1v) is 11.3. The number of sulfone groups is 1. The molecule has 1 fully saturated rings. The first-order chi connectivity index (χ1) is 12.7. The molecule has 0 radical (unpaired) electrons. The van der Waals surface area contributed by atoms with Crippen molar-refractivity contribution >= 4 is 27.3 Å². The quantitative estimate of drug-likeness (QED) is 0.745. The van der Waals surface area contributed by atoms with Gasteiger partial charge in [-0.3, -0.25) is 4.79 Å². The van der Waals surface area contributed by atoms with E-state index in [1.807, 2.05) is 12.1 Å². The van der Waals surface area contributed by atoms with E-state index in [1.54, 1.807) is 29.2 Å². The Bertz CT molecular complexity index is 905. The summed E-state index contributed by atoms with van der Waals surface area (Å²) in [4.78, 5) is 14.8. The topological polar surface area (TPSA) is 54.5 Å². The predicted octanol–water partition coefficient (Wildman–Crippen LogP) is 4.29. The molecule has 1 heterocycles. The minimum atomic E-state index is -3.09. The summed E-state index contributed by atoms with van der Waals surface area (Å²) in [6.07, 6.45) is 0.478. The molecule has 0 aromatic heterocycles. The molecule has 0 saturated carbocycles. The van der Waals surface area contributed by atoms with Gasteiger partial charge in [0.05, 0.1) is 11.5 Å². The van der Waals surface area contributed by atoms with Gasteiger partial charge in [-0.05, 0) is 47.7 Å². The van der Waals surface area contributed by atoms with Gasteiger partial charge in [0.2, 0.25) is 0 Å². The van der Waals surface area contributed by atoms with Gasteiger partial charge in [-0.2, -0.15) is 0 Å². The fraction of sp³-hybridized carbons (Fsp3) is 0.381. The van der Waals surface area contributed by atoms with Crippen LogP contribution in [0.1, 0.15) is 47.7 Å². The van der Waals surface area contributed by atoms with Gasteiger partial charge in [0.15, 0.2) is 9.84 Å². The highest BCUT2D eigenvalue weighted by atomic mass is 35.5. The SMILES string of the molecule is CC(C)c1ccc(CN(C(=O)c2ccc(Cl)cc2)[C@@H]2CCS(=O)(=O)C2)cc1. The maximum Gasteiger partial charge on any atom is 0.254 e. The minimum Gasteiger partial charge on any atom is -0.330 e. The molecule has 2 aromatic carbocycles. The van der Waals surface area contributed by atoms with Crippen LogP contribution in [0.5, 0.6) is 0 Å². The van der Waals surface area contributed by atoms with Crippen LogP contribution in [0, 0.1) is 0 Å². The molecule has 0 aliphatic carbocycles. The highest BCUT2D eigenvalue weighted by Gasteiger charge is 2.35. The molecule has 0 spiro atoms. The van der Waals surface area contributed by atoms with Crippen LogP contribution < -0.4 is 0 Å². The van der Waals surface area contributed by atoms with Gasteiger partial charge in [0.1, 0.15) is 0 Å². The van der Waals surface area contributed by atoms with Gasteiger partial charge in [-0.15, -0.1) is 0 Å². The van der Waals surface area contributed by atoms with Gasteiger partial charge in [0, 0.05) is 23.2 Å². The molecule has 1 amide bonds. The van der Waals surface area contributed by atoms with Crippen molar-refractivity contribution in [3.05, 3.63) is 70.2 Å². The van der Waals surface area contributed by atoms with E-state index in [-0.39, 0.29) is 23.5 Å². The maximum absolute atomic E-state index is 13.1. The van der Waals surface area contributed by atoms with Crippen molar-refractivity contribution in [2.24, 2.45) is 0 Å². The van der Waals surface area contributed by atoms with E-state index in [9.17, 15) is 13.2 Å². The summed E-state index contributed by atoms with van der Waals surface area (Å²) in [6.45, 7) is 4.66. The molecule has 1 aliphatic rings. The summed E-state index contributed by atoms with van der Waals surface area (Å²) in [5.74, 6) is 0.428. The molecule has 0 bridgehead atoms. The monoisotopic (exact) mass is 405 g/mol. The largest absolute Gasteiger partial charge is 0.330 e. The van der Waals surface area contributed by atoms with Crippen molar-refractivity contribution < 1.29 is 13.2 Å². The molecule has 2 aromatic rings. The van der Waals surface area contributed by atoms with Gasteiger partial charge < -0.3 is 4.90 Å². The molecule has 1 atom stereocenters. The lowest BCUT2D eigenvalue weighted by molar-refractivity contribution is 0.0681. The second-order valence-electron chi connectivity index (χ2n) is 7.39. The molecule has 3 rings (SSSR count). The summed E-state index contributed by atoms with van der Waals surface area (Å²) in [7, 11) is -3.09. The van der Waals surface area contributed by atoms with Crippen molar-refractivity contribution in [3.63, 3.8) is 0 Å². The molecule has 6 heteroatoms. The van der Waals surface area contributed by atoms with E-state index in [0.29, 0.717) is 29.5 Å². The van der Waals surface area contributed by atoms with E-state index in [1.165, 1.54) is 5.56 Å². The second kappa shape index (κ2) is 8.03. The number of rotatable bonds is 5. The van der Waals surface area contributed by atoms with Crippen LogP contribution in [-0.2, 0) is 16.4 Å². The van der Waals surface area contributed by atoms with Crippen LogP contribution in [0.3, 0.4) is 0 Å². The number of benzene rings is 2. The average Bonchev–Trinajstić information content (AvgIpc) is 2.99. The van der Waals surface area contributed by atoms with Gasteiger partial charge >= 0.3 is 0 Å². The highest BCUT2D eigenvalue weighted by molar-refractivity contribution is 7.91. The Morgan fingerprint density at radius 3 is 2.26 bits per heavy atom. The average molecular weight is 406 g/mol. The van der Waals surface area contributed by atoms with Crippen molar-refractivity contribution in [3.8, 4) is 0 Å². The lowest BCUT2D eigenvalue weighted by Gasteiger charge is -2.29. The van der Waals surface area contributed by atoms with E-state index in [0.717, 1.165) is 5.56 Å². The number of amides is 1. The van der Waals surface area contributed by atoms with Crippen molar-refractivity contribution in [2.75, 3.05) is 11.5 Å². The summed E-state index contributed by atoms with van der Waals surface area (Å²) in [5.41, 5.74) is 2.74. The van der Waals surface area contributed by atoms with Crippen molar-refractivity contribution in [1.82, 2.24) is 4.90 Å². The standard InChI is InChI=1S/C21H24ClNO3S/c1-15(2)17-5-3-16(4-6-17)13-23(20-11-12-27(25,26)14-20)21(24)18-7-9-19(22)10-8-18/h3-10,15,20H,11-14H2,1-2H3/t20-/m1/s1. The number of hydrogen-bond donors (Lipinski definition) is 0. The summed E-state index contributed by atoms with van der Waals surface area (Å²) in [6, 6.07) is 14.6. The van der Waals surface area contributed by atoms with Crippen LogP contribution in [0.2, 0.25) is 5.02 Å². The van der Waals surface area contributed by atoms with Crippen molar-refractivity contribution in [1.29, 1.82) is 0 Å². The first kappa shape index (κ1) is 19.9. The van der Waals surface area contributed by atoms with E-state index >= 15 is 0 Å². The fourth-order valence-corrected chi connectivity index (χ4v) is 5.21. The Labute approximate surface area is 166 Å². The first-order valence-electron chi connectivity index (χ1n) is 9.11. The van der Waals surface area contributed by atoms with Crippen LogP contribution >= 0.6 is 11.6 Å². The molecule has 4 nitrogen and oxygen atoms in total. The Morgan fingerprint density at radius 1 is 1.11 bits per heavy atom. The third-order valence-electron chi connectivity index (χ3n) is 5.00. The summed E-state index contributed by atoms with van der Waals surface area (Å²) < 4.78 is 23.9. The van der Waals surface area contributed by atoms with Crippen LogP contribution in [0.4, 0.5) is 0 Å².